The van der Waals surface area contributed by atoms with Crippen LogP contribution in [0.4, 0.5) is 0 Å². The molecule has 0 aliphatic rings. The van der Waals surface area contributed by atoms with Gasteiger partial charge in [0.2, 0.25) is 0 Å². The molecule has 1 aromatic carbocycles. The van der Waals surface area contributed by atoms with Gasteiger partial charge in [0.05, 0.1) is 10.0 Å². The van der Waals surface area contributed by atoms with E-state index >= 15 is 0 Å². The number of hydrogen-bond acceptors (Lipinski definition) is 1. The minimum Gasteiger partial charge on any atom is -0.127 e. The zero-order valence-electron chi connectivity index (χ0n) is 7.90. The fraction of sp³-hybridized carbons (Fsp3) is 0.400. The van der Waals surface area contributed by atoms with E-state index in [1.165, 1.54) is 5.56 Å². The molecule has 13 heavy (non-hydrogen) atoms. The van der Waals surface area contributed by atoms with Gasteiger partial charge in [-0.05, 0) is 29.9 Å². The third-order valence-corrected chi connectivity index (χ3v) is 3.56. The summed E-state index contributed by atoms with van der Waals surface area (Å²) in [5.41, 5.74) is 1.19. The first-order chi connectivity index (χ1) is 6.06. The second-order valence-electron chi connectivity index (χ2n) is 3.17. The standard InChI is InChI=1S/C10H12Cl2S/c1-6(2)7-4-8(11)10(13-3)9(12)5-7/h4-6H,1-3H3. The number of thioether (sulfide) groups is 1. The van der Waals surface area contributed by atoms with E-state index in [1.54, 1.807) is 11.8 Å². The molecule has 0 fully saturated rings. The lowest BCUT2D eigenvalue weighted by molar-refractivity contribution is 0.865. The van der Waals surface area contributed by atoms with Gasteiger partial charge in [-0.3, -0.25) is 0 Å². The Morgan fingerprint density at radius 1 is 1.15 bits per heavy atom. The fourth-order valence-electron chi connectivity index (χ4n) is 1.11. The van der Waals surface area contributed by atoms with Crippen LogP contribution in [0.25, 0.3) is 0 Å². The zero-order chi connectivity index (χ0) is 10.0. The Balaban J connectivity index is 3.20. The highest BCUT2D eigenvalue weighted by Gasteiger charge is 2.08. The van der Waals surface area contributed by atoms with Crippen molar-refractivity contribution >= 4 is 35.0 Å². The summed E-state index contributed by atoms with van der Waals surface area (Å²) < 4.78 is 0. The normalized spacial score (nSPS) is 10.9. The average molecular weight is 235 g/mol. The molecule has 0 bridgehead atoms. The van der Waals surface area contributed by atoms with Crippen molar-refractivity contribution in [1.29, 1.82) is 0 Å². The molecule has 72 valence electrons. The van der Waals surface area contributed by atoms with Crippen molar-refractivity contribution in [2.75, 3.05) is 6.26 Å². The molecule has 0 aliphatic heterocycles. The van der Waals surface area contributed by atoms with Crippen LogP contribution >= 0.6 is 35.0 Å². The van der Waals surface area contributed by atoms with Gasteiger partial charge in [0, 0.05) is 4.90 Å². The van der Waals surface area contributed by atoms with E-state index in [-0.39, 0.29) is 0 Å². The first-order valence-corrected chi connectivity index (χ1v) is 6.07. The molecule has 0 aromatic heterocycles. The van der Waals surface area contributed by atoms with E-state index in [2.05, 4.69) is 13.8 Å². The predicted octanol–water partition coefficient (Wildman–Crippen LogP) is 4.84. The number of benzene rings is 1. The van der Waals surface area contributed by atoms with Gasteiger partial charge in [0.1, 0.15) is 0 Å². The highest BCUT2D eigenvalue weighted by molar-refractivity contribution is 7.98. The summed E-state index contributed by atoms with van der Waals surface area (Å²) in [6, 6.07) is 3.98. The first-order valence-electron chi connectivity index (χ1n) is 4.09. The quantitative estimate of drug-likeness (QED) is 0.661. The van der Waals surface area contributed by atoms with E-state index in [4.69, 9.17) is 23.2 Å². The monoisotopic (exact) mass is 234 g/mol. The van der Waals surface area contributed by atoms with Crippen molar-refractivity contribution in [3.05, 3.63) is 27.7 Å². The molecule has 0 nitrogen and oxygen atoms in total. The Morgan fingerprint density at radius 2 is 1.62 bits per heavy atom. The summed E-state index contributed by atoms with van der Waals surface area (Å²) in [5, 5.41) is 1.51. The molecule has 0 N–H and O–H groups in total. The van der Waals surface area contributed by atoms with Gasteiger partial charge in [-0.2, -0.15) is 0 Å². The summed E-state index contributed by atoms with van der Waals surface area (Å²) in [6.45, 7) is 4.25. The third kappa shape index (κ3) is 2.55. The molecule has 0 radical (unpaired) electrons. The molecule has 0 saturated heterocycles. The lowest BCUT2D eigenvalue weighted by atomic mass is 10.0. The minimum absolute atomic E-state index is 0.464. The van der Waals surface area contributed by atoms with Gasteiger partial charge in [0.25, 0.3) is 0 Å². The second kappa shape index (κ2) is 4.59. The van der Waals surface area contributed by atoms with Crippen LogP contribution in [-0.2, 0) is 0 Å². The summed E-state index contributed by atoms with van der Waals surface area (Å²) >= 11 is 13.7. The Bertz CT molecular complexity index is 285. The highest BCUT2D eigenvalue weighted by Crippen LogP contribution is 2.35. The van der Waals surface area contributed by atoms with E-state index in [1.807, 2.05) is 18.4 Å². The van der Waals surface area contributed by atoms with Crippen LogP contribution in [0.2, 0.25) is 10.0 Å². The van der Waals surface area contributed by atoms with Gasteiger partial charge in [0.15, 0.2) is 0 Å². The van der Waals surface area contributed by atoms with Crippen molar-refractivity contribution in [3.63, 3.8) is 0 Å². The van der Waals surface area contributed by atoms with Crippen molar-refractivity contribution in [2.24, 2.45) is 0 Å². The molecule has 0 aliphatic carbocycles. The van der Waals surface area contributed by atoms with Crippen molar-refractivity contribution in [3.8, 4) is 0 Å². The maximum atomic E-state index is 6.07. The molecule has 1 aromatic rings. The number of rotatable bonds is 2. The van der Waals surface area contributed by atoms with E-state index < -0.39 is 0 Å². The Morgan fingerprint density at radius 3 is 1.92 bits per heavy atom. The van der Waals surface area contributed by atoms with E-state index in [0.717, 1.165) is 14.9 Å². The Kier molecular flexibility index (Phi) is 3.96. The maximum absolute atomic E-state index is 6.07. The van der Waals surface area contributed by atoms with Crippen LogP contribution in [0.1, 0.15) is 25.3 Å². The smallest absolute Gasteiger partial charge is 0.0559 e. The van der Waals surface area contributed by atoms with Crippen LogP contribution in [-0.4, -0.2) is 6.26 Å². The molecule has 0 spiro atoms. The van der Waals surface area contributed by atoms with E-state index in [0.29, 0.717) is 5.92 Å². The van der Waals surface area contributed by atoms with Crippen LogP contribution in [0.3, 0.4) is 0 Å². The van der Waals surface area contributed by atoms with Crippen LogP contribution in [0.15, 0.2) is 17.0 Å². The molecule has 0 saturated carbocycles. The number of hydrogen-bond donors (Lipinski definition) is 0. The summed E-state index contributed by atoms with van der Waals surface area (Å²) in [7, 11) is 0. The lowest BCUT2D eigenvalue weighted by Crippen LogP contribution is -1.88. The van der Waals surface area contributed by atoms with Crippen LogP contribution < -0.4 is 0 Å². The molecule has 3 heteroatoms. The summed E-state index contributed by atoms with van der Waals surface area (Å²) in [4.78, 5) is 0.965. The molecular formula is C10H12Cl2S. The Hall–Kier alpha value is 0.150. The molecule has 1 rings (SSSR count). The minimum atomic E-state index is 0.464. The van der Waals surface area contributed by atoms with Gasteiger partial charge in [-0.25, -0.2) is 0 Å². The highest BCUT2D eigenvalue weighted by atomic mass is 35.5. The first kappa shape index (κ1) is 11.2. The molecule has 0 atom stereocenters. The van der Waals surface area contributed by atoms with Gasteiger partial charge in [-0.1, -0.05) is 37.0 Å². The molecule has 0 amide bonds. The fourth-order valence-corrected chi connectivity index (χ4v) is 2.58. The topological polar surface area (TPSA) is 0 Å². The second-order valence-corrected chi connectivity index (χ2v) is 4.80. The van der Waals surface area contributed by atoms with Crippen LogP contribution in [0, 0.1) is 0 Å². The summed E-state index contributed by atoms with van der Waals surface area (Å²) in [6.07, 6.45) is 1.97. The average Bonchev–Trinajstić information content (AvgIpc) is 2.03. The predicted molar refractivity (Wildman–Crippen MR) is 62.3 cm³/mol. The van der Waals surface area contributed by atoms with Gasteiger partial charge >= 0.3 is 0 Å². The lowest BCUT2D eigenvalue weighted by Gasteiger charge is -2.10. The van der Waals surface area contributed by atoms with E-state index in [9.17, 15) is 0 Å². The Labute approximate surface area is 93.6 Å². The third-order valence-electron chi connectivity index (χ3n) is 1.89. The van der Waals surface area contributed by atoms with Crippen molar-refractivity contribution < 1.29 is 0 Å². The molecule has 0 unspecified atom stereocenters. The maximum Gasteiger partial charge on any atom is 0.0559 e. The summed E-state index contributed by atoms with van der Waals surface area (Å²) in [5.74, 6) is 0.464. The van der Waals surface area contributed by atoms with Crippen LogP contribution in [0.5, 0.6) is 0 Å². The van der Waals surface area contributed by atoms with Gasteiger partial charge in [-0.15, -0.1) is 11.8 Å². The molecular weight excluding hydrogens is 223 g/mol. The zero-order valence-corrected chi connectivity index (χ0v) is 10.2. The largest absolute Gasteiger partial charge is 0.127 e. The van der Waals surface area contributed by atoms with Gasteiger partial charge < -0.3 is 0 Å². The number of halogens is 2. The molecule has 0 heterocycles. The SMILES string of the molecule is CSc1c(Cl)cc(C(C)C)cc1Cl. The van der Waals surface area contributed by atoms with Crippen molar-refractivity contribution in [2.45, 2.75) is 24.7 Å². The van der Waals surface area contributed by atoms with Crippen molar-refractivity contribution in [1.82, 2.24) is 0 Å².